The van der Waals surface area contributed by atoms with Gasteiger partial charge in [-0.1, -0.05) is 56.7 Å². The Balaban J connectivity index is 1.38. The predicted octanol–water partition coefficient (Wildman–Crippen LogP) is 5.18. The number of hydrogen-bond acceptors (Lipinski definition) is 2. The summed E-state index contributed by atoms with van der Waals surface area (Å²) in [7, 11) is 0. The standard InChI is InChI=1S/C29H40N2O2/c1-27(2,17-19-9-6-5-7-10-19)31-26(33)21-18-29(4)23-14-16-28(3)15-8-11-22(28)20(23)12-13-24(29)30-25(21)32/h5-7,9-10,18,20,22-24H,8,11-17H2,1-4H3,(H,30,32)(H,31,33)/t20-,22-,23+,24?,28-,29+/m0/s1. The molecule has 1 aromatic carbocycles. The number of carbonyl (C=O) groups excluding carboxylic acids is 2. The molecular weight excluding hydrogens is 408 g/mol. The van der Waals surface area contributed by atoms with Crippen molar-refractivity contribution in [2.45, 2.75) is 90.6 Å². The Morgan fingerprint density at radius 2 is 1.82 bits per heavy atom. The fourth-order valence-electron chi connectivity index (χ4n) is 8.13. The molecule has 5 rings (SSSR count). The highest BCUT2D eigenvalue weighted by Crippen LogP contribution is 2.63. The lowest BCUT2D eigenvalue weighted by Crippen LogP contribution is -2.61. The van der Waals surface area contributed by atoms with Gasteiger partial charge in [-0.2, -0.15) is 0 Å². The van der Waals surface area contributed by atoms with Gasteiger partial charge in [0, 0.05) is 17.0 Å². The number of fused-ring (bicyclic) bond motifs is 5. The third-order valence-corrected chi connectivity index (χ3v) is 9.75. The van der Waals surface area contributed by atoms with E-state index in [0.29, 0.717) is 16.9 Å². The molecule has 33 heavy (non-hydrogen) atoms. The van der Waals surface area contributed by atoms with E-state index in [1.54, 1.807) is 0 Å². The van der Waals surface area contributed by atoms with Crippen LogP contribution in [0, 0.1) is 28.6 Å². The lowest BCUT2D eigenvalue weighted by Gasteiger charge is -2.58. The van der Waals surface area contributed by atoms with Crippen LogP contribution in [0.15, 0.2) is 42.0 Å². The van der Waals surface area contributed by atoms with Crippen LogP contribution >= 0.6 is 0 Å². The van der Waals surface area contributed by atoms with Gasteiger partial charge in [-0.25, -0.2) is 0 Å². The molecule has 2 amide bonds. The summed E-state index contributed by atoms with van der Waals surface area (Å²) in [6.45, 7) is 8.89. The van der Waals surface area contributed by atoms with Gasteiger partial charge in [0.1, 0.15) is 5.57 Å². The molecule has 0 saturated heterocycles. The third-order valence-electron chi connectivity index (χ3n) is 9.75. The van der Waals surface area contributed by atoms with Crippen molar-refractivity contribution in [2.75, 3.05) is 0 Å². The van der Waals surface area contributed by atoms with E-state index in [0.717, 1.165) is 24.7 Å². The largest absolute Gasteiger partial charge is 0.348 e. The minimum absolute atomic E-state index is 0.142. The van der Waals surface area contributed by atoms with E-state index in [4.69, 9.17) is 0 Å². The first kappa shape index (κ1) is 22.7. The van der Waals surface area contributed by atoms with Crippen molar-refractivity contribution >= 4 is 11.8 Å². The molecule has 178 valence electrons. The van der Waals surface area contributed by atoms with Crippen LogP contribution in [0.5, 0.6) is 0 Å². The van der Waals surface area contributed by atoms with Gasteiger partial charge in [-0.05, 0) is 87.5 Å². The zero-order chi connectivity index (χ0) is 23.4. The van der Waals surface area contributed by atoms with Gasteiger partial charge in [0.25, 0.3) is 11.8 Å². The molecule has 3 saturated carbocycles. The average molecular weight is 449 g/mol. The molecule has 2 N–H and O–H groups in total. The van der Waals surface area contributed by atoms with E-state index in [1.807, 2.05) is 32.0 Å². The molecule has 1 aromatic rings. The second-order valence-corrected chi connectivity index (χ2v) is 12.5. The van der Waals surface area contributed by atoms with Crippen molar-refractivity contribution < 1.29 is 9.59 Å². The maximum absolute atomic E-state index is 13.4. The third kappa shape index (κ3) is 3.94. The van der Waals surface area contributed by atoms with Gasteiger partial charge in [-0.3, -0.25) is 9.59 Å². The van der Waals surface area contributed by atoms with Gasteiger partial charge in [0.05, 0.1) is 0 Å². The Hall–Kier alpha value is -2.10. The van der Waals surface area contributed by atoms with E-state index in [9.17, 15) is 9.59 Å². The van der Waals surface area contributed by atoms with Crippen molar-refractivity contribution in [2.24, 2.45) is 28.6 Å². The molecule has 3 aliphatic carbocycles. The minimum atomic E-state index is -0.442. The first-order valence-corrected chi connectivity index (χ1v) is 13.0. The Bertz CT molecular complexity index is 967. The topological polar surface area (TPSA) is 58.2 Å². The Kier molecular flexibility index (Phi) is 5.49. The number of amides is 2. The molecule has 4 heteroatoms. The molecule has 0 aromatic heterocycles. The molecule has 0 bridgehead atoms. The molecule has 6 atom stereocenters. The van der Waals surface area contributed by atoms with Crippen LogP contribution in [0.2, 0.25) is 0 Å². The summed E-state index contributed by atoms with van der Waals surface area (Å²) >= 11 is 0. The van der Waals surface area contributed by atoms with E-state index in [-0.39, 0.29) is 23.3 Å². The fourth-order valence-corrected chi connectivity index (χ4v) is 8.13. The SMILES string of the molecule is CC(C)(Cc1ccccc1)NC(=O)C1=C[C@@]2(C)C(CC[C@@H]3[C@H]2CC[C@]2(C)CCC[C@@H]32)NC1=O. The van der Waals surface area contributed by atoms with E-state index in [1.165, 1.54) is 44.1 Å². The van der Waals surface area contributed by atoms with Crippen LogP contribution in [0.4, 0.5) is 0 Å². The number of hydrogen-bond donors (Lipinski definition) is 2. The van der Waals surface area contributed by atoms with Gasteiger partial charge in [0.15, 0.2) is 0 Å². The van der Waals surface area contributed by atoms with Crippen LogP contribution in [-0.4, -0.2) is 23.4 Å². The smallest absolute Gasteiger partial charge is 0.256 e. The van der Waals surface area contributed by atoms with Crippen molar-refractivity contribution in [3.63, 3.8) is 0 Å². The second-order valence-electron chi connectivity index (χ2n) is 12.5. The molecule has 4 nitrogen and oxygen atoms in total. The normalized spacial score (nSPS) is 37.8. The summed E-state index contributed by atoms with van der Waals surface area (Å²) in [5.41, 5.74) is 1.41. The van der Waals surface area contributed by atoms with Crippen LogP contribution in [0.25, 0.3) is 0 Å². The maximum atomic E-state index is 13.4. The molecule has 1 unspecified atom stereocenters. The summed E-state index contributed by atoms with van der Waals surface area (Å²) in [5.74, 6) is 1.63. The number of nitrogens with one attached hydrogen (secondary N) is 2. The van der Waals surface area contributed by atoms with Crippen LogP contribution < -0.4 is 10.6 Å². The zero-order valence-corrected chi connectivity index (χ0v) is 20.7. The number of benzene rings is 1. The Morgan fingerprint density at radius 3 is 2.58 bits per heavy atom. The van der Waals surface area contributed by atoms with E-state index < -0.39 is 5.54 Å². The van der Waals surface area contributed by atoms with Crippen molar-refractivity contribution in [3.8, 4) is 0 Å². The Labute approximate surface area is 199 Å². The summed E-state index contributed by atoms with van der Waals surface area (Å²) in [4.78, 5) is 26.4. The molecular formula is C29H40N2O2. The van der Waals surface area contributed by atoms with Gasteiger partial charge >= 0.3 is 0 Å². The zero-order valence-electron chi connectivity index (χ0n) is 20.7. The number of rotatable bonds is 4. The molecule has 4 aliphatic rings. The highest BCUT2D eigenvalue weighted by Gasteiger charge is 2.58. The van der Waals surface area contributed by atoms with Crippen molar-refractivity contribution in [1.29, 1.82) is 0 Å². The number of carbonyl (C=O) groups is 2. The van der Waals surface area contributed by atoms with Crippen LogP contribution in [-0.2, 0) is 16.0 Å². The van der Waals surface area contributed by atoms with E-state index in [2.05, 4.69) is 42.7 Å². The van der Waals surface area contributed by atoms with Crippen molar-refractivity contribution in [3.05, 3.63) is 47.5 Å². The average Bonchev–Trinajstić information content (AvgIpc) is 3.15. The molecule has 3 fully saturated rings. The first-order chi connectivity index (χ1) is 15.6. The van der Waals surface area contributed by atoms with Gasteiger partial charge in [-0.15, -0.1) is 0 Å². The van der Waals surface area contributed by atoms with Crippen LogP contribution in [0.1, 0.15) is 78.2 Å². The minimum Gasteiger partial charge on any atom is -0.348 e. The fraction of sp³-hybridized carbons (Fsp3) is 0.655. The van der Waals surface area contributed by atoms with E-state index >= 15 is 0 Å². The highest BCUT2D eigenvalue weighted by molar-refractivity contribution is 6.19. The monoisotopic (exact) mass is 448 g/mol. The first-order valence-electron chi connectivity index (χ1n) is 13.0. The van der Waals surface area contributed by atoms with Crippen LogP contribution in [0.3, 0.4) is 0 Å². The van der Waals surface area contributed by atoms with Crippen molar-refractivity contribution in [1.82, 2.24) is 10.6 Å². The lowest BCUT2D eigenvalue weighted by molar-refractivity contribution is -0.128. The Morgan fingerprint density at radius 1 is 1.06 bits per heavy atom. The van der Waals surface area contributed by atoms with Gasteiger partial charge < -0.3 is 10.6 Å². The maximum Gasteiger partial charge on any atom is 0.256 e. The lowest BCUT2D eigenvalue weighted by atomic mass is 9.48. The quantitative estimate of drug-likeness (QED) is 0.624. The highest BCUT2D eigenvalue weighted by atomic mass is 16.2. The summed E-state index contributed by atoms with van der Waals surface area (Å²) in [6, 6.07) is 10.3. The molecule has 0 radical (unpaired) electrons. The molecule has 1 aliphatic heterocycles. The molecule has 1 heterocycles. The summed E-state index contributed by atoms with van der Waals surface area (Å²) in [5, 5.41) is 6.42. The summed E-state index contributed by atoms with van der Waals surface area (Å²) < 4.78 is 0. The second kappa shape index (κ2) is 7.99. The van der Waals surface area contributed by atoms with Gasteiger partial charge in [0.2, 0.25) is 0 Å². The predicted molar refractivity (Wildman–Crippen MR) is 131 cm³/mol. The summed E-state index contributed by atoms with van der Waals surface area (Å²) in [6.07, 6.45) is 11.6. The molecule has 0 spiro atoms.